The lowest BCUT2D eigenvalue weighted by molar-refractivity contribution is -0.129. The van der Waals surface area contributed by atoms with E-state index >= 15 is 0 Å². The minimum atomic E-state index is -0.489. The fraction of sp³-hybridized carbons (Fsp3) is 0.0385. The fourth-order valence-electron chi connectivity index (χ4n) is 3.44. The Morgan fingerprint density at radius 3 is 2.25 bits per heavy atom. The van der Waals surface area contributed by atoms with E-state index in [-0.39, 0.29) is 5.70 Å². The maximum Gasteiger partial charge on any atom is 0.363 e. The Morgan fingerprint density at radius 2 is 1.56 bits per heavy atom. The number of methoxy groups -OCH3 is 1. The number of esters is 1. The maximum atomic E-state index is 12.5. The number of para-hydroxylation sites is 1. The molecule has 1 aromatic heterocycles. The van der Waals surface area contributed by atoms with E-state index < -0.39 is 5.97 Å². The number of aliphatic imine (C=N–C) groups is 1. The molecule has 6 heteroatoms. The van der Waals surface area contributed by atoms with Crippen LogP contribution in [-0.2, 0) is 9.53 Å². The van der Waals surface area contributed by atoms with Crippen LogP contribution in [0.5, 0.6) is 5.75 Å². The number of carbonyl (C=O) groups excluding carboxylic acids is 1. The Bertz CT molecular complexity index is 1320. The molecular weight excluding hydrogens is 402 g/mol. The third kappa shape index (κ3) is 3.81. The number of hydrogen-bond acceptors (Lipinski definition) is 5. The van der Waals surface area contributed by atoms with Crippen molar-refractivity contribution in [1.29, 1.82) is 0 Å². The highest BCUT2D eigenvalue weighted by Crippen LogP contribution is 2.29. The van der Waals surface area contributed by atoms with E-state index in [2.05, 4.69) is 4.99 Å². The van der Waals surface area contributed by atoms with Gasteiger partial charge in [-0.2, -0.15) is 5.10 Å². The Labute approximate surface area is 185 Å². The summed E-state index contributed by atoms with van der Waals surface area (Å²) < 4.78 is 12.5. The Kier molecular flexibility index (Phi) is 5.09. The number of hydrogen-bond donors (Lipinski definition) is 0. The molecule has 0 saturated heterocycles. The van der Waals surface area contributed by atoms with Crippen molar-refractivity contribution >= 4 is 17.9 Å². The van der Waals surface area contributed by atoms with Gasteiger partial charge in [-0.05, 0) is 54.6 Å². The van der Waals surface area contributed by atoms with Crippen molar-refractivity contribution in [1.82, 2.24) is 9.78 Å². The zero-order chi connectivity index (χ0) is 21.9. The summed E-state index contributed by atoms with van der Waals surface area (Å²) in [7, 11) is 1.63. The van der Waals surface area contributed by atoms with Crippen molar-refractivity contribution in [3.8, 4) is 22.7 Å². The summed E-state index contributed by atoms with van der Waals surface area (Å²) >= 11 is 0. The number of nitrogens with zero attached hydrogens (tertiary/aromatic N) is 3. The van der Waals surface area contributed by atoms with Crippen LogP contribution in [0.1, 0.15) is 11.1 Å². The average Bonchev–Trinajstić information content (AvgIpc) is 3.44. The molecule has 0 atom stereocenters. The van der Waals surface area contributed by atoms with Crippen LogP contribution in [0.25, 0.3) is 23.0 Å². The molecule has 2 heterocycles. The molecule has 0 N–H and O–H groups in total. The van der Waals surface area contributed by atoms with Gasteiger partial charge in [-0.15, -0.1) is 0 Å². The van der Waals surface area contributed by atoms with Crippen molar-refractivity contribution in [2.24, 2.45) is 4.99 Å². The van der Waals surface area contributed by atoms with Gasteiger partial charge >= 0.3 is 5.97 Å². The van der Waals surface area contributed by atoms with E-state index in [1.54, 1.807) is 17.9 Å². The monoisotopic (exact) mass is 421 g/mol. The number of ether oxygens (including phenoxy) is 2. The molecule has 0 radical (unpaired) electrons. The minimum Gasteiger partial charge on any atom is -0.497 e. The SMILES string of the molecule is COc1ccc(-c2nn(-c3ccccc3)cc2C=C2N=C(c3ccccc3)OC2=O)cc1. The third-order valence-electron chi connectivity index (χ3n) is 5.06. The highest BCUT2D eigenvalue weighted by atomic mass is 16.6. The number of benzene rings is 3. The zero-order valence-corrected chi connectivity index (χ0v) is 17.3. The van der Waals surface area contributed by atoms with Gasteiger partial charge in [0, 0.05) is 22.9 Å². The van der Waals surface area contributed by atoms with Gasteiger partial charge in [-0.3, -0.25) is 0 Å². The molecule has 3 aromatic carbocycles. The first-order valence-corrected chi connectivity index (χ1v) is 10.1. The lowest BCUT2D eigenvalue weighted by Gasteiger charge is -2.02. The Hall–Kier alpha value is -4.45. The summed E-state index contributed by atoms with van der Waals surface area (Å²) in [5.74, 6) is 0.563. The predicted molar refractivity (Wildman–Crippen MR) is 123 cm³/mol. The molecule has 4 aromatic rings. The molecule has 1 aliphatic rings. The van der Waals surface area contributed by atoms with E-state index in [1.165, 1.54) is 0 Å². The Balaban J connectivity index is 1.60. The number of cyclic esters (lactones) is 1. The molecule has 32 heavy (non-hydrogen) atoms. The fourth-order valence-corrected chi connectivity index (χ4v) is 3.44. The second kappa shape index (κ2) is 8.35. The van der Waals surface area contributed by atoms with Crippen LogP contribution in [0.2, 0.25) is 0 Å². The van der Waals surface area contributed by atoms with Gasteiger partial charge in [0.25, 0.3) is 0 Å². The summed E-state index contributed by atoms with van der Waals surface area (Å²) in [5, 5.41) is 4.78. The van der Waals surface area contributed by atoms with Crippen LogP contribution in [-0.4, -0.2) is 28.8 Å². The topological polar surface area (TPSA) is 65.7 Å². The van der Waals surface area contributed by atoms with Gasteiger partial charge in [-0.25, -0.2) is 14.5 Å². The van der Waals surface area contributed by atoms with Gasteiger partial charge in [0.1, 0.15) is 11.4 Å². The first kappa shape index (κ1) is 19.5. The normalized spacial score (nSPS) is 14.3. The number of aromatic nitrogens is 2. The van der Waals surface area contributed by atoms with Crippen molar-refractivity contribution in [3.63, 3.8) is 0 Å². The second-order valence-corrected chi connectivity index (χ2v) is 7.14. The zero-order valence-electron chi connectivity index (χ0n) is 17.3. The maximum absolute atomic E-state index is 12.5. The molecular formula is C26H19N3O3. The average molecular weight is 421 g/mol. The predicted octanol–water partition coefficient (Wildman–Crippen LogP) is 4.89. The molecule has 0 amide bonds. The van der Waals surface area contributed by atoms with E-state index in [0.717, 1.165) is 33.8 Å². The van der Waals surface area contributed by atoms with Gasteiger partial charge in [0.05, 0.1) is 12.8 Å². The molecule has 0 spiro atoms. The largest absolute Gasteiger partial charge is 0.497 e. The first-order chi connectivity index (χ1) is 15.7. The minimum absolute atomic E-state index is 0.228. The summed E-state index contributed by atoms with van der Waals surface area (Å²) in [6.45, 7) is 0. The van der Waals surface area contributed by atoms with Crippen LogP contribution in [0.15, 0.2) is 102 Å². The molecule has 156 valence electrons. The summed E-state index contributed by atoms with van der Waals surface area (Å²) in [5.41, 5.74) is 4.26. The molecule has 0 saturated carbocycles. The van der Waals surface area contributed by atoms with Crippen LogP contribution in [0, 0.1) is 0 Å². The van der Waals surface area contributed by atoms with E-state index in [0.29, 0.717) is 5.90 Å². The van der Waals surface area contributed by atoms with Crippen LogP contribution < -0.4 is 4.74 Å². The van der Waals surface area contributed by atoms with E-state index in [4.69, 9.17) is 14.6 Å². The molecule has 1 aliphatic heterocycles. The molecule has 6 nitrogen and oxygen atoms in total. The van der Waals surface area contributed by atoms with Gasteiger partial charge in [-0.1, -0.05) is 36.4 Å². The van der Waals surface area contributed by atoms with Crippen LogP contribution in [0.4, 0.5) is 0 Å². The van der Waals surface area contributed by atoms with Crippen molar-refractivity contribution in [3.05, 3.63) is 108 Å². The molecule has 5 rings (SSSR count). The van der Waals surface area contributed by atoms with E-state index in [9.17, 15) is 4.79 Å². The first-order valence-electron chi connectivity index (χ1n) is 10.1. The molecule has 0 bridgehead atoms. The van der Waals surface area contributed by atoms with Crippen molar-refractivity contribution in [2.45, 2.75) is 0 Å². The van der Waals surface area contributed by atoms with E-state index in [1.807, 2.05) is 91.1 Å². The lowest BCUT2D eigenvalue weighted by atomic mass is 10.1. The summed E-state index contributed by atoms with van der Waals surface area (Å²) in [6, 6.07) is 26.8. The molecule has 0 fully saturated rings. The van der Waals surface area contributed by atoms with Crippen LogP contribution >= 0.6 is 0 Å². The highest BCUT2D eigenvalue weighted by Gasteiger charge is 2.25. The Morgan fingerprint density at radius 1 is 0.875 bits per heavy atom. The standard InChI is InChI=1S/C26H19N3O3/c1-31-22-14-12-18(13-15-22)24-20(17-29(28-24)21-10-6-3-7-11-21)16-23-26(30)32-25(27-23)19-8-4-2-5-9-19/h2-17H,1H3. The highest BCUT2D eigenvalue weighted by molar-refractivity contribution is 6.13. The summed E-state index contributed by atoms with van der Waals surface area (Å²) in [6.07, 6.45) is 3.59. The molecule has 0 unspecified atom stereocenters. The molecule has 0 aliphatic carbocycles. The van der Waals surface area contributed by atoms with Gasteiger partial charge < -0.3 is 9.47 Å². The quantitative estimate of drug-likeness (QED) is 0.340. The lowest BCUT2D eigenvalue weighted by Crippen LogP contribution is -2.04. The number of rotatable bonds is 5. The smallest absolute Gasteiger partial charge is 0.363 e. The third-order valence-corrected chi connectivity index (χ3v) is 5.06. The van der Waals surface area contributed by atoms with Crippen LogP contribution in [0.3, 0.4) is 0 Å². The van der Waals surface area contributed by atoms with Gasteiger partial charge in [0.15, 0.2) is 5.70 Å². The number of carbonyl (C=O) groups is 1. The summed E-state index contributed by atoms with van der Waals surface area (Å²) in [4.78, 5) is 16.9. The van der Waals surface area contributed by atoms with Gasteiger partial charge in [0.2, 0.25) is 5.90 Å². The second-order valence-electron chi connectivity index (χ2n) is 7.14. The van der Waals surface area contributed by atoms with Crippen molar-refractivity contribution < 1.29 is 14.3 Å². The van der Waals surface area contributed by atoms with Crippen molar-refractivity contribution in [2.75, 3.05) is 7.11 Å².